The topological polar surface area (TPSA) is 68.0 Å². The summed E-state index contributed by atoms with van der Waals surface area (Å²) in [5.74, 6) is 0.482. The number of carbonyl (C=O) groups is 1. The molecule has 0 aliphatic heterocycles. The van der Waals surface area contributed by atoms with Crippen molar-refractivity contribution < 1.29 is 13.6 Å². The number of thiophene rings is 1. The van der Waals surface area contributed by atoms with Crippen LogP contribution in [0.2, 0.25) is 0 Å². The first-order valence-corrected chi connectivity index (χ1v) is 10.9. The van der Waals surface area contributed by atoms with Gasteiger partial charge in [-0.05, 0) is 61.4 Å². The quantitative estimate of drug-likeness (QED) is 0.585. The molecule has 0 saturated heterocycles. The van der Waals surface area contributed by atoms with Crippen molar-refractivity contribution in [1.29, 1.82) is 0 Å². The molecule has 3 aromatic rings. The summed E-state index contributed by atoms with van der Waals surface area (Å²) < 4.78 is 19.5. The standard InChI is InChI=1S/C20H20FN3O2S2/c1-11-4-6-16-13(7-11)9-17(28-16)19-23-24-20(26-19)27-10-18(25)22-15-5-3-12(2)8-14(15)21/h3,5,8-9,11H,4,6-7,10H2,1-2H3,(H,22,25)/t11-/m1/s1. The first kappa shape index (κ1) is 19.1. The minimum Gasteiger partial charge on any atom is -0.410 e. The van der Waals surface area contributed by atoms with E-state index in [4.69, 9.17) is 4.42 Å². The zero-order valence-corrected chi connectivity index (χ0v) is 17.3. The Balaban J connectivity index is 1.37. The SMILES string of the molecule is Cc1ccc(NC(=O)CSc2nnc(-c3cc4c(s3)CC[C@@H](C)C4)o2)c(F)c1. The fourth-order valence-corrected chi connectivity index (χ4v) is 4.91. The van der Waals surface area contributed by atoms with Gasteiger partial charge in [-0.1, -0.05) is 24.8 Å². The number of nitrogens with zero attached hydrogens (tertiary/aromatic N) is 2. The van der Waals surface area contributed by atoms with Crippen LogP contribution in [0, 0.1) is 18.7 Å². The summed E-state index contributed by atoms with van der Waals surface area (Å²) in [4.78, 5) is 14.5. The number of carbonyl (C=O) groups excluding carboxylic acids is 1. The molecule has 2 heterocycles. The average molecular weight is 418 g/mol. The Hall–Kier alpha value is -2.19. The van der Waals surface area contributed by atoms with E-state index in [0.717, 1.165) is 35.0 Å². The van der Waals surface area contributed by atoms with Gasteiger partial charge in [0.25, 0.3) is 11.1 Å². The largest absolute Gasteiger partial charge is 0.410 e. The Kier molecular flexibility index (Phi) is 5.50. The normalized spacial score (nSPS) is 16.0. The molecule has 8 heteroatoms. The highest BCUT2D eigenvalue weighted by atomic mass is 32.2. The molecule has 146 valence electrons. The summed E-state index contributed by atoms with van der Waals surface area (Å²) in [6.07, 6.45) is 3.42. The van der Waals surface area contributed by atoms with Crippen LogP contribution in [0.5, 0.6) is 0 Å². The molecule has 28 heavy (non-hydrogen) atoms. The van der Waals surface area contributed by atoms with E-state index in [0.29, 0.717) is 17.0 Å². The van der Waals surface area contributed by atoms with E-state index in [2.05, 4.69) is 28.5 Å². The van der Waals surface area contributed by atoms with E-state index in [-0.39, 0.29) is 17.3 Å². The van der Waals surface area contributed by atoms with Crippen LogP contribution < -0.4 is 5.32 Å². The lowest BCUT2D eigenvalue weighted by molar-refractivity contribution is -0.113. The van der Waals surface area contributed by atoms with Crippen LogP contribution in [0.15, 0.2) is 33.9 Å². The van der Waals surface area contributed by atoms with Crippen LogP contribution in [0.25, 0.3) is 10.8 Å². The molecule has 1 aromatic carbocycles. The Labute approximate surface area is 170 Å². The fraction of sp³-hybridized carbons (Fsp3) is 0.350. The number of aryl methyl sites for hydroxylation is 2. The highest BCUT2D eigenvalue weighted by Crippen LogP contribution is 2.37. The predicted octanol–water partition coefficient (Wildman–Crippen LogP) is 5.10. The van der Waals surface area contributed by atoms with E-state index < -0.39 is 5.82 Å². The van der Waals surface area contributed by atoms with Crippen molar-refractivity contribution >= 4 is 34.7 Å². The maximum Gasteiger partial charge on any atom is 0.277 e. The van der Waals surface area contributed by atoms with Gasteiger partial charge in [0.05, 0.1) is 16.3 Å². The lowest BCUT2D eigenvalue weighted by Gasteiger charge is -2.16. The maximum atomic E-state index is 13.8. The second kappa shape index (κ2) is 8.05. The van der Waals surface area contributed by atoms with Crippen molar-refractivity contribution in [3.05, 3.63) is 46.1 Å². The zero-order chi connectivity index (χ0) is 19.7. The van der Waals surface area contributed by atoms with E-state index in [9.17, 15) is 9.18 Å². The Morgan fingerprint density at radius 3 is 3.07 bits per heavy atom. The number of amides is 1. The first-order chi connectivity index (χ1) is 13.5. The van der Waals surface area contributed by atoms with Gasteiger partial charge in [0, 0.05) is 4.88 Å². The van der Waals surface area contributed by atoms with Crippen molar-refractivity contribution in [2.24, 2.45) is 5.92 Å². The number of benzene rings is 1. The van der Waals surface area contributed by atoms with E-state index in [1.54, 1.807) is 30.4 Å². The van der Waals surface area contributed by atoms with Gasteiger partial charge in [0.1, 0.15) is 5.82 Å². The molecule has 4 rings (SSSR count). The monoisotopic (exact) mass is 417 g/mol. The molecule has 0 bridgehead atoms. The number of nitrogens with one attached hydrogen (secondary N) is 1. The third kappa shape index (κ3) is 4.28. The Morgan fingerprint density at radius 2 is 2.25 bits per heavy atom. The summed E-state index contributed by atoms with van der Waals surface area (Å²) in [5.41, 5.74) is 2.35. The van der Waals surface area contributed by atoms with E-state index >= 15 is 0 Å². The number of aromatic nitrogens is 2. The van der Waals surface area contributed by atoms with Gasteiger partial charge in [-0.15, -0.1) is 21.5 Å². The second-order valence-electron chi connectivity index (χ2n) is 7.10. The van der Waals surface area contributed by atoms with Crippen LogP contribution in [0.3, 0.4) is 0 Å². The molecule has 1 aliphatic carbocycles. The molecule has 0 spiro atoms. The van der Waals surface area contributed by atoms with Crippen molar-refractivity contribution in [3.8, 4) is 10.8 Å². The minimum atomic E-state index is -0.450. The number of anilines is 1. The number of fused-ring (bicyclic) bond motifs is 1. The zero-order valence-electron chi connectivity index (χ0n) is 15.6. The highest BCUT2D eigenvalue weighted by Gasteiger charge is 2.21. The molecule has 5 nitrogen and oxygen atoms in total. The summed E-state index contributed by atoms with van der Waals surface area (Å²) in [5, 5.41) is 11.0. The molecule has 0 fully saturated rings. The number of thioether (sulfide) groups is 1. The van der Waals surface area contributed by atoms with Gasteiger partial charge in [0.2, 0.25) is 5.91 Å². The molecule has 1 amide bonds. The summed E-state index contributed by atoms with van der Waals surface area (Å²) in [6.45, 7) is 4.07. The maximum absolute atomic E-state index is 13.8. The average Bonchev–Trinajstić information content (AvgIpc) is 3.28. The molecular formula is C20H20FN3O2S2. The molecule has 1 aliphatic rings. The van der Waals surface area contributed by atoms with E-state index in [1.807, 2.05) is 0 Å². The Bertz CT molecular complexity index is 1010. The van der Waals surface area contributed by atoms with Crippen molar-refractivity contribution in [3.63, 3.8) is 0 Å². The molecule has 0 unspecified atom stereocenters. The third-order valence-electron chi connectivity index (χ3n) is 4.67. The van der Waals surface area contributed by atoms with Gasteiger partial charge < -0.3 is 9.73 Å². The van der Waals surface area contributed by atoms with Crippen molar-refractivity contribution in [2.45, 2.75) is 38.3 Å². The van der Waals surface area contributed by atoms with Crippen molar-refractivity contribution in [1.82, 2.24) is 10.2 Å². The Morgan fingerprint density at radius 1 is 1.39 bits per heavy atom. The van der Waals surface area contributed by atoms with Crippen LogP contribution in [0.1, 0.15) is 29.3 Å². The predicted molar refractivity (Wildman–Crippen MR) is 109 cm³/mol. The highest BCUT2D eigenvalue weighted by molar-refractivity contribution is 7.99. The van der Waals surface area contributed by atoms with Crippen molar-refractivity contribution in [2.75, 3.05) is 11.1 Å². The van der Waals surface area contributed by atoms with Crippen LogP contribution in [0.4, 0.5) is 10.1 Å². The number of halogens is 1. The van der Waals surface area contributed by atoms with Gasteiger partial charge in [0.15, 0.2) is 0 Å². The van der Waals surface area contributed by atoms with Crippen LogP contribution in [-0.4, -0.2) is 21.9 Å². The smallest absolute Gasteiger partial charge is 0.277 e. The molecule has 0 radical (unpaired) electrons. The first-order valence-electron chi connectivity index (χ1n) is 9.12. The summed E-state index contributed by atoms with van der Waals surface area (Å²) in [7, 11) is 0. The summed E-state index contributed by atoms with van der Waals surface area (Å²) in [6, 6.07) is 6.83. The number of rotatable bonds is 5. The van der Waals surface area contributed by atoms with E-state index in [1.165, 1.54) is 22.9 Å². The lowest BCUT2D eigenvalue weighted by Crippen LogP contribution is -2.15. The van der Waals surface area contributed by atoms with Gasteiger partial charge in [-0.3, -0.25) is 4.79 Å². The fourth-order valence-electron chi connectivity index (χ4n) is 3.21. The molecular weight excluding hydrogens is 397 g/mol. The third-order valence-corrected chi connectivity index (χ3v) is 6.72. The van der Waals surface area contributed by atoms with Gasteiger partial charge in [-0.2, -0.15) is 0 Å². The summed E-state index contributed by atoms with van der Waals surface area (Å²) >= 11 is 2.84. The molecule has 1 atom stereocenters. The van der Waals surface area contributed by atoms with Crippen LogP contribution >= 0.6 is 23.1 Å². The number of hydrogen-bond acceptors (Lipinski definition) is 6. The van der Waals surface area contributed by atoms with Crippen LogP contribution in [-0.2, 0) is 17.6 Å². The van der Waals surface area contributed by atoms with Gasteiger partial charge >= 0.3 is 0 Å². The van der Waals surface area contributed by atoms with Gasteiger partial charge in [-0.25, -0.2) is 4.39 Å². The number of hydrogen-bond donors (Lipinski definition) is 1. The second-order valence-corrected chi connectivity index (χ2v) is 9.16. The molecule has 2 aromatic heterocycles. The minimum absolute atomic E-state index is 0.0629. The lowest BCUT2D eigenvalue weighted by atomic mass is 9.90. The molecule has 0 saturated carbocycles. The molecule has 1 N–H and O–H groups in total.